The Kier molecular flexibility index (Phi) is 4.93. The molecule has 0 aliphatic rings. The van der Waals surface area contributed by atoms with Gasteiger partial charge in [0.15, 0.2) is 0 Å². The van der Waals surface area contributed by atoms with Crippen LogP contribution in [0.2, 0.25) is 0 Å². The molecule has 0 aliphatic heterocycles. The van der Waals surface area contributed by atoms with Crippen LogP contribution in [0.15, 0.2) is 0 Å². The number of rotatable bonds is 3. The molecular formula is C6H9F7N3O3Sb. The summed E-state index contributed by atoms with van der Waals surface area (Å²) < 4.78 is 86.5. The maximum absolute atomic E-state index is 13.1. The first-order chi connectivity index (χ1) is 8.67. The first-order valence-electron chi connectivity index (χ1n) is 4.36. The summed E-state index contributed by atoms with van der Waals surface area (Å²) in [6.07, 6.45) is 0. The van der Waals surface area contributed by atoms with Crippen LogP contribution in [0, 0.1) is 0 Å². The van der Waals surface area contributed by atoms with Crippen LogP contribution in [-0.2, 0) is 0 Å². The van der Waals surface area contributed by atoms with Gasteiger partial charge in [0.1, 0.15) is 0 Å². The molecule has 0 aromatic carbocycles. The molecule has 1 heterocycles. The third-order valence-electron chi connectivity index (χ3n) is 1.27. The van der Waals surface area contributed by atoms with Crippen molar-refractivity contribution in [1.29, 1.82) is 0 Å². The minimum absolute atomic E-state index is 0.0254. The summed E-state index contributed by atoms with van der Waals surface area (Å²) in [4.78, 5) is 7.21. The normalized spacial score (nSPS) is 14.3. The van der Waals surface area contributed by atoms with Crippen molar-refractivity contribution in [3.8, 4) is 18.0 Å². The molecule has 0 aliphatic carbocycles. The standard InChI is InChI=1S/C6H9FN3O3.6FH.Sb/c1-11-4-8-5(12-2)10(7)6(9-4)13-3;;;;;;;/h1-3H3;6*1H;/q+1;;;;;;;+5/p-6. The molecule has 20 heavy (non-hydrogen) atoms. The summed E-state index contributed by atoms with van der Waals surface area (Å²) in [5, 5.41) is 0. The number of methoxy groups -OCH3 is 3. The summed E-state index contributed by atoms with van der Waals surface area (Å²) in [5.41, 5.74) is 0. The molecule has 0 spiro atoms. The Hall–Kier alpha value is -1.26. The van der Waals surface area contributed by atoms with E-state index in [1.807, 2.05) is 0 Å². The van der Waals surface area contributed by atoms with Crippen LogP contribution in [0.3, 0.4) is 0 Å². The van der Waals surface area contributed by atoms with Gasteiger partial charge in [-0.3, -0.25) is 0 Å². The summed E-state index contributed by atoms with van der Waals surface area (Å²) in [6, 6.07) is -0.602. The Labute approximate surface area is 109 Å². The number of hydrogen-bond donors (Lipinski definition) is 0. The number of ether oxygens (including phenoxy) is 3. The summed E-state index contributed by atoms with van der Waals surface area (Å²) in [6.45, 7) is 0. The Balaban J connectivity index is 0.000000441. The molecule has 0 fully saturated rings. The van der Waals surface area contributed by atoms with Crippen LogP contribution in [0.4, 0.5) is 21.4 Å². The molecule has 1 aromatic rings. The van der Waals surface area contributed by atoms with Crippen LogP contribution < -0.4 is 19.0 Å². The van der Waals surface area contributed by atoms with Crippen LogP contribution in [0.1, 0.15) is 0 Å². The number of halogens is 7. The molecule has 120 valence electrons. The van der Waals surface area contributed by atoms with E-state index in [1.54, 1.807) is 0 Å². The van der Waals surface area contributed by atoms with Crippen LogP contribution in [0.5, 0.6) is 18.0 Å². The summed E-state index contributed by atoms with van der Waals surface area (Å²) >= 11 is -11.2. The van der Waals surface area contributed by atoms with Crippen molar-refractivity contribution in [2.75, 3.05) is 21.3 Å². The average Bonchev–Trinajstić information content (AvgIpc) is 2.25. The zero-order valence-corrected chi connectivity index (χ0v) is 12.7. The second kappa shape index (κ2) is 5.26. The zero-order valence-electron chi connectivity index (χ0n) is 10.2. The van der Waals surface area contributed by atoms with Crippen molar-refractivity contribution in [3.05, 3.63) is 0 Å². The molecule has 1 aromatic heterocycles. The van der Waals surface area contributed by atoms with E-state index in [4.69, 9.17) is 4.74 Å². The van der Waals surface area contributed by atoms with Gasteiger partial charge in [-0.25, -0.2) is 0 Å². The van der Waals surface area contributed by atoms with Gasteiger partial charge in [-0.05, 0) is 4.48 Å². The molecule has 0 saturated carbocycles. The quantitative estimate of drug-likeness (QED) is 0.544. The van der Waals surface area contributed by atoms with Crippen LogP contribution in [-0.4, -0.2) is 50.8 Å². The molecule has 6 nitrogen and oxygen atoms in total. The van der Waals surface area contributed by atoms with E-state index < -0.39 is 19.5 Å². The van der Waals surface area contributed by atoms with Crippen LogP contribution in [0.25, 0.3) is 0 Å². The van der Waals surface area contributed by atoms with Gasteiger partial charge in [0.25, 0.3) is 0 Å². The minimum atomic E-state index is -11.2. The second-order valence-electron chi connectivity index (χ2n) is 2.92. The summed E-state index contributed by atoms with van der Waals surface area (Å²) in [5.74, 6) is 0. The van der Waals surface area contributed by atoms with E-state index >= 15 is 0 Å². The summed E-state index contributed by atoms with van der Waals surface area (Å²) in [7, 11) is 3.91. The topological polar surface area (TPSA) is 57.4 Å². The van der Waals surface area contributed by atoms with Crippen molar-refractivity contribution in [2.24, 2.45) is 0 Å². The predicted octanol–water partition coefficient (Wildman–Crippen LogP) is 1.66. The Morgan fingerprint density at radius 2 is 1.10 bits per heavy atom. The first-order valence-corrected chi connectivity index (χ1v) is 10.2. The molecule has 0 atom stereocenters. The van der Waals surface area contributed by atoms with E-state index in [1.165, 1.54) is 21.3 Å². The van der Waals surface area contributed by atoms with Crippen LogP contribution >= 0.6 is 0 Å². The van der Waals surface area contributed by atoms with Gasteiger partial charge >= 0.3 is 54.4 Å². The molecule has 0 saturated heterocycles. The maximum atomic E-state index is 13.1. The Morgan fingerprint density at radius 1 is 0.800 bits per heavy atom. The first kappa shape index (κ1) is 18.7. The van der Waals surface area contributed by atoms with Gasteiger partial charge in [0.05, 0.1) is 21.3 Å². The molecule has 0 bridgehead atoms. The van der Waals surface area contributed by atoms with Gasteiger partial charge in [0, 0.05) is 14.8 Å². The molecule has 0 amide bonds. The van der Waals surface area contributed by atoms with Gasteiger partial charge in [0.2, 0.25) is 0 Å². The van der Waals surface area contributed by atoms with Crippen molar-refractivity contribution < 1.29 is 40.4 Å². The van der Waals surface area contributed by atoms with E-state index in [0.29, 0.717) is 0 Å². The SMILES string of the molecule is COc1nc(OC)[n+](F)c(OC)n1.[F][Sb-]([F])([F])([F])([F])[F]. The van der Waals surface area contributed by atoms with E-state index in [0.717, 1.165) is 0 Å². The fourth-order valence-electron chi connectivity index (χ4n) is 0.701. The van der Waals surface area contributed by atoms with E-state index in [2.05, 4.69) is 19.4 Å². The fourth-order valence-corrected chi connectivity index (χ4v) is 0.701. The molecule has 1 rings (SSSR count). The molecule has 14 heteroatoms. The van der Waals surface area contributed by atoms with Gasteiger partial charge in [-0.15, -0.1) is 0 Å². The van der Waals surface area contributed by atoms with Crippen molar-refractivity contribution in [1.82, 2.24) is 9.97 Å². The number of aromatic nitrogens is 3. The zero-order chi connectivity index (χ0) is 16.3. The Bertz CT molecular complexity index is 443. The average molecular weight is 426 g/mol. The number of hydrogen-bond acceptors (Lipinski definition) is 5. The molecule has 0 unspecified atom stereocenters. The fraction of sp³-hybridized carbons (Fsp3) is 0.500. The third-order valence-corrected chi connectivity index (χ3v) is 1.27. The van der Waals surface area contributed by atoms with Crippen molar-refractivity contribution in [3.63, 3.8) is 0 Å². The predicted molar refractivity (Wildman–Crippen MR) is 50.8 cm³/mol. The second-order valence-corrected chi connectivity index (χ2v) is 8.39. The monoisotopic (exact) mass is 425 g/mol. The van der Waals surface area contributed by atoms with Gasteiger partial charge in [-0.1, -0.05) is 0 Å². The molecule has 0 radical (unpaired) electrons. The molecule has 0 N–H and O–H groups in total. The molecular weight excluding hydrogens is 417 g/mol. The van der Waals surface area contributed by atoms with E-state index in [-0.39, 0.29) is 22.8 Å². The van der Waals surface area contributed by atoms with Crippen molar-refractivity contribution >= 4 is 19.5 Å². The van der Waals surface area contributed by atoms with E-state index in [9.17, 15) is 21.4 Å². The van der Waals surface area contributed by atoms with Crippen molar-refractivity contribution in [2.45, 2.75) is 0 Å². The Morgan fingerprint density at radius 3 is 1.30 bits per heavy atom. The van der Waals surface area contributed by atoms with Gasteiger partial charge < -0.3 is 14.2 Å². The van der Waals surface area contributed by atoms with Gasteiger partial charge in [-0.2, -0.15) is 0 Å². The number of nitrogens with zero attached hydrogens (tertiary/aromatic N) is 3. The third kappa shape index (κ3) is 9.64.